The molecule has 0 saturated carbocycles. The van der Waals surface area contributed by atoms with Gasteiger partial charge in [0.25, 0.3) is 0 Å². The van der Waals surface area contributed by atoms with Crippen molar-refractivity contribution in [3.63, 3.8) is 0 Å². The van der Waals surface area contributed by atoms with Crippen molar-refractivity contribution >= 4 is 0 Å². The van der Waals surface area contributed by atoms with E-state index in [0.717, 1.165) is 30.9 Å². The number of nitrogens with two attached hydrogens (primary N) is 1. The van der Waals surface area contributed by atoms with Crippen molar-refractivity contribution in [3.8, 4) is 5.75 Å². The number of nitrogens with zero attached hydrogens (tertiary/aromatic N) is 3. The third-order valence-electron chi connectivity index (χ3n) is 4.02. The summed E-state index contributed by atoms with van der Waals surface area (Å²) in [6, 6.07) is 2.27. The van der Waals surface area contributed by atoms with E-state index in [1.165, 1.54) is 6.42 Å². The summed E-state index contributed by atoms with van der Waals surface area (Å²) in [6.07, 6.45) is 4.94. The Morgan fingerprint density at radius 1 is 1.29 bits per heavy atom. The minimum atomic E-state index is -0.0567. The van der Waals surface area contributed by atoms with Gasteiger partial charge in [-0.3, -0.25) is 4.98 Å². The number of hydrogen-bond acceptors (Lipinski definition) is 5. The van der Waals surface area contributed by atoms with Crippen molar-refractivity contribution in [2.75, 3.05) is 33.7 Å². The molecular weight excluding hydrogens is 264 g/mol. The van der Waals surface area contributed by atoms with Crippen molar-refractivity contribution in [1.82, 2.24) is 14.8 Å². The molecule has 2 heterocycles. The van der Waals surface area contributed by atoms with Gasteiger partial charge in [0, 0.05) is 24.8 Å². The van der Waals surface area contributed by atoms with E-state index < -0.39 is 0 Å². The lowest BCUT2D eigenvalue weighted by atomic mass is 10.0. The first-order valence-corrected chi connectivity index (χ1v) is 7.73. The summed E-state index contributed by atoms with van der Waals surface area (Å²) in [7, 11) is 4.32. The molecule has 21 heavy (non-hydrogen) atoms. The summed E-state index contributed by atoms with van der Waals surface area (Å²) in [5, 5.41) is 0. The lowest BCUT2D eigenvalue weighted by molar-refractivity contribution is 0.195. The maximum absolute atomic E-state index is 6.53. The summed E-state index contributed by atoms with van der Waals surface area (Å²) >= 11 is 0. The molecule has 118 valence electrons. The van der Waals surface area contributed by atoms with E-state index in [1.807, 2.05) is 26.1 Å². The van der Waals surface area contributed by atoms with Gasteiger partial charge in [-0.15, -0.1) is 0 Å². The summed E-state index contributed by atoms with van der Waals surface area (Å²) < 4.78 is 5.72. The van der Waals surface area contributed by atoms with Crippen LogP contribution in [0.1, 0.15) is 31.9 Å². The standard InChI is InChI=1S/C16H28N4O/c1-12(2)21-14-8-13(9-18-10-14)16(17)15-11-19(3)6-5-7-20(15)4/h8-10,12,15-16H,5-7,11,17H2,1-4H3. The average Bonchev–Trinajstić information content (AvgIpc) is 2.59. The van der Waals surface area contributed by atoms with Crippen LogP contribution in [0.5, 0.6) is 5.75 Å². The van der Waals surface area contributed by atoms with E-state index in [0.29, 0.717) is 6.04 Å². The molecule has 0 bridgehead atoms. The van der Waals surface area contributed by atoms with Crippen molar-refractivity contribution < 1.29 is 4.74 Å². The molecule has 0 spiro atoms. The molecule has 0 aromatic carbocycles. The van der Waals surface area contributed by atoms with Gasteiger partial charge in [0.15, 0.2) is 0 Å². The van der Waals surface area contributed by atoms with Gasteiger partial charge in [0.05, 0.1) is 12.3 Å². The first-order valence-electron chi connectivity index (χ1n) is 7.73. The molecule has 1 saturated heterocycles. The predicted octanol–water partition coefficient (Wildman–Crippen LogP) is 1.50. The molecule has 1 aliphatic rings. The number of aromatic nitrogens is 1. The fourth-order valence-electron chi connectivity index (χ4n) is 2.87. The smallest absolute Gasteiger partial charge is 0.138 e. The van der Waals surface area contributed by atoms with E-state index in [9.17, 15) is 0 Å². The van der Waals surface area contributed by atoms with Crippen LogP contribution in [0.4, 0.5) is 0 Å². The normalized spacial score (nSPS) is 23.0. The molecule has 2 N–H and O–H groups in total. The highest BCUT2D eigenvalue weighted by molar-refractivity contribution is 5.27. The Morgan fingerprint density at radius 3 is 2.76 bits per heavy atom. The fraction of sp³-hybridized carbons (Fsp3) is 0.688. The quantitative estimate of drug-likeness (QED) is 0.911. The van der Waals surface area contributed by atoms with E-state index in [1.54, 1.807) is 6.20 Å². The Bertz CT molecular complexity index is 452. The van der Waals surface area contributed by atoms with Crippen LogP contribution in [-0.4, -0.2) is 60.7 Å². The first kappa shape index (κ1) is 16.2. The van der Waals surface area contributed by atoms with Crippen LogP contribution < -0.4 is 10.5 Å². The molecule has 1 aromatic heterocycles. The van der Waals surface area contributed by atoms with Crippen molar-refractivity contribution in [2.45, 2.75) is 38.5 Å². The van der Waals surface area contributed by atoms with Crippen LogP contribution in [-0.2, 0) is 0 Å². The Labute approximate surface area is 128 Å². The monoisotopic (exact) mass is 292 g/mol. The summed E-state index contributed by atoms with van der Waals surface area (Å²) in [5.41, 5.74) is 7.57. The minimum Gasteiger partial charge on any atom is -0.489 e. The van der Waals surface area contributed by atoms with Crippen molar-refractivity contribution in [3.05, 3.63) is 24.0 Å². The Hall–Kier alpha value is -1.17. The van der Waals surface area contributed by atoms with Crippen LogP contribution in [0, 0.1) is 0 Å². The molecule has 1 fully saturated rings. The zero-order valence-corrected chi connectivity index (χ0v) is 13.6. The van der Waals surface area contributed by atoms with Gasteiger partial charge in [-0.1, -0.05) is 0 Å². The van der Waals surface area contributed by atoms with Crippen LogP contribution in [0.2, 0.25) is 0 Å². The summed E-state index contributed by atoms with van der Waals surface area (Å²) in [4.78, 5) is 9.01. The topological polar surface area (TPSA) is 54.6 Å². The zero-order valence-electron chi connectivity index (χ0n) is 13.6. The third kappa shape index (κ3) is 4.40. The van der Waals surface area contributed by atoms with Crippen LogP contribution >= 0.6 is 0 Å². The number of rotatable bonds is 4. The van der Waals surface area contributed by atoms with E-state index in [2.05, 4.69) is 28.9 Å². The molecule has 1 aromatic rings. The molecule has 0 aliphatic carbocycles. The van der Waals surface area contributed by atoms with Gasteiger partial charge in [-0.2, -0.15) is 0 Å². The predicted molar refractivity (Wildman–Crippen MR) is 85.5 cm³/mol. The second-order valence-corrected chi connectivity index (χ2v) is 6.31. The Balaban J connectivity index is 2.15. The maximum Gasteiger partial charge on any atom is 0.138 e. The fourth-order valence-corrected chi connectivity index (χ4v) is 2.87. The second kappa shape index (κ2) is 7.20. The molecule has 0 amide bonds. The van der Waals surface area contributed by atoms with E-state index >= 15 is 0 Å². The summed E-state index contributed by atoms with van der Waals surface area (Å²) in [6.45, 7) is 7.22. The van der Waals surface area contributed by atoms with Gasteiger partial charge in [-0.25, -0.2) is 0 Å². The number of pyridine rings is 1. The van der Waals surface area contributed by atoms with E-state index in [-0.39, 0.29) is 12.1 Å². The van der Waals surface area contributed by atoms with E-state index in [4.69, 9.17) is 10.5 Å². The number of hydrogen-bond donors (Lipinski definition) is 1. The molecule has 2 atom stereocenters. The summed E-state index contributed by atoms with van der Waals surface area (Å²) in [5.74, 6) is 0.794. The lowest BCUT2D eigenvalue weighted by Crippen LogP contribution is -2.45. The molecule has 5 nitrogen and oxygen atoms in total. The maximum atomic E-state index is 6.53. The Kier molecular flexibility index (Phi) is 5.56. The van der Waals surface area contributed by atoms with Gasteiger partial charge < -0.3 is 20.3 Å². The number of likely N-dealkylation sites (N-methyl/N-ethyl adjacent to an activating group) is 2. The third-order valence-corrected chi connectivity index (χ3v) is 4.02. The van der Waals surface area contributed by atoms with Gasteiger partial charge in [0.1, 0.15) is 5.75 Å². The van der Waals surface area contributed by atoms with Gasteiger partial charge >= 0.3 is 0 Å². The Morgan fingerprint density at radius 2 is 2.05 bits per heavy atom. The number of ether oxygens (including phenoxy) is 1. The van der Waals surface area contributed by atoms with Crippen LogP contribution in [0.3, 0.4) is 0 Å². The molecule has 0 radical (unpaired) electrons. The highest BCUT2D eigenvalue weighted by atomic mass is 16.5. The van der Waals surface area contributed by atoms with Crippen molar-refractivity contribution in [2.24, 2.45) is 5.73 Å². The molecule has 1 aliphatic heterocycles. The molecule has 5 heteroatoms. The highest BCUT2D eigenvalue weighted by Crippen LogP contribution is 2.23. The van der Waals surface area contributed by atoms with Crippen molar-refractivity contribution in [1.29, 1.82) is 0 Å². The molecule has 2 rings (SSSR count). The lowest BCUT2D eigenvalue weighted by Gasteiger charge is -2.32. The first-order chi connectivity index (χ1) is 9.97. The van der Waals surface area contributed by atoms with Gasteiger partial charge in [-0.05, 0) is 59.1 Å². The van der Waals surface area contributed by atoms with Crippen LogP contribution in [0.15, 0.2) is 18.5 Å². The zero-order chi connectivity index (χ0) is 15.4. The molecule has 2 unspecified atom stereocenters. The van der Waals surface area contributed by atoms with Crippen LogP contribution in [0.25, 0.3) is 0 Å². The SMILES string of the molecule is CC(C)Oc1cncc(C(N)C2CN(C)CCCN2C)c1. The van der Waals surface area contributed by atoms with Gasteiger partial charge in [0.2, 0.25) is 0 Å². The second-order valence-electron chi connectivity index (χ2n) is 6.31. The average molecular weight is 292 g/mol. The highest BCUT2D eigenvalue weighted by Gasteiger charge is 2.27. The molecular formula is C16H28N4O. The largest absolute Gasteiger partial charge is 0.489 e. The minimum absolute atomic E-state index is 0.0567.